The first-order valence-electron chi connectivity index (χ1n) is 24.2. The average Bonchev–Trinajstić information content (AvgIpc) is 3.61. The molecule has 2 fully saturated rings. The number of imide groups is 1. The Kier molecular flexibility index (Phi) is 14.0. The van der Waals surface area contributed by atoms with Gasteiger partial charge >= 0.3 is 0 Å². The van der Waals surface area contributed by atoms with Crippen molar-refractivity contribution in [3.8, 4) is 5.75 Å². The van der Waals surface area contributed by atoms with Crippen molar-refractivity contribution in [2.75, 3.05) is 26.3 Å². The Morgan fingerprint density at radius 2 is 1.41 bits per heavy atom. The Hall–Kier alpha value is -6.01. The number of hydrogen-bond acceptors (Lipinski definition) is 8. The fourth-order valence-electron chi connectivity index (χ4n) is 11.5. The number of phenols is 1. The van der Waals surface area contributed by atoms with Crippen molar-refractivity contribution in [1.29, 1.82) is 0 Å². The summed E-state index contributed by atoms with van der Waals surface area (Å²) in [5, 5.41) is 38.5. The van der Waals surface area contributed by atoms with E-state index in [-0.39, 0.29) is 48.1 Å². The van der Waals surface area contributed by atoms with E-state index in [4.69, 9.17) is 9.41 Å². The van der Waals surface area contributed by atoms with Crippen LogP contribution in [0.25, 0.3) is 22.4 Å². The van der Waals surface area contributed by atoms with E-state index < -0.39 is 38.8 Å². The number of carbonyl (C=O) groups is 2. The van der Waals surface area contributed by atoms with Crippen LogP contribution >= 0.6 is 0 Å². The normalized spacial score (nSPS) is 20.3. The summed E-state index contributed by atoms with van der Waals surface area (Å²) >= 11 is 0. The number of amides is 2. The summed E-state index contributed by atoms with van der Waals surface area (Å²) in [7, 11) is -3.10. The maximum Gasteiger partial charge on any atom is 0.261 e. The van der Waals surface area contributed by atoms with Gasteiger partial charge in [-0.2, -0.15) is 0 Å². The van der Waals surface area contributed by atoms with Crippen molar-refractivity contribution in [2.24, 2.45) is 17.8 Å². The van der Waals surface area contributed by atoms with Crippen LogP contribution in [-0.2, 0) is 20.6 Å². The zero-order valence-electron chi connectivity index (χ0n) is 39.4. The lowest BCUT2D eigenvalue weighted by Crippen LogP contribution is -2.66. The molecule has 2 aliphatic heterocycles. The minimum atomic E-state index is -3.10. The third-order valence-corrected chi connectivity index (χ3v) is 19.8. The Bertz CT molecular complexity index is 2730. The molecule has 1 aromatic heterocycles. The molecule has 3 heterocycles. The molecule has 350 valence electrons. The SMILES string of the molecule is CC(C)(C)[Si](OCC1=C([C@H](O)CC/C(=C/c2ccc(O)c3ccccc23)c2ccccn2)[C@H](CO)[C@@H]2C(=O)N(C3CCN(Cc4ccccc4)CC3)C(=O)[C@@H]2C1)(c1ccccc1)c1ccccc1. The predicted octanol–water partition coefficient (Wildman–Crippen LogP) is 8.77. The second-order valence-corrected chi connectivity index (χ2v) is 24.1. The minimum Gasteiger partial charge on any atom is -0.507 e. The summed E-state index contributed by atoms with van der Waals surface area (Å²) < 4.78 is 7.55. The topological polar surface area (TPSA) is 123 Å². The molecule has 1 aliphatic carbocycles. The highest BCUT2D eigenvalue weighted by Gasteiger charge is 2.57. The predicted molar refractivity (Wildman–Crippen MR) is 272 cm³/mol. The molecule has 3 N–H and O–H groups in total. The zero-order valence-corrected chi connectivity index (χ0v) is 40.4. The lowest BCUT2D eigenvalue weighted by atomic mass is 9.68. The Labute approximate surface area is 401 Å². The molecule has 3 aliphatic rings. The number of aromatic hydroxyl groups is 1. The van der Waals surface area contributed by atoms with Crippen LogP contribution in [0.5, 0.6) is 5.75 Å². The summed E-state index contributed by atoms with van der Waals surface area (Å²) in [5.74, 6) is -2.49. The Morgan fingerprint density at radius 3 is 2.03 bits per heavy atom. The number of rotatable bonds is 15. The number of likely N-dealkylation sites (tertiary alicyclic amines) is 2. The second kappa shape index (κ2) is 20.3. The molecule has 2 amide bonds. The van der Waals surface area contributed by atoms with E-state index in [1.165, 1.54) is 10.5 Å². The first kappa shape index (κ1) is 47.1. The van der Waals surface area contributed by atoms with E-state index >= 15 is 0 Å². The third kappa shape index (κ3) is 9.28. The van der Waals surface area contributed by atoms with Crippen LogP contribution in [0.4, 0.5) is 0 Å². The molecular formula is C58H63N3O6Si. The summed E-state index contributed by atoms with van der Waals surface area (Å²) in [6.07, 6.45) is 5.03. The number of phenolic OH excluding ortho intramolecular Hbond substituents is 1. The van der Waals surface area contributed by atoms with Crippen molar-refractivity contribution >= 4 is 52.9 Å². The smallest absolute Gasteiger partial charge is 0.261 e. The lowest BCUT2D eigenvalue weighted by molar-refractivity contribution is -0.144. The monoisotopic (exact) mass is 925 g/mol. The van der Waals surface area contributed by atoms with E-state index in [9.17, 15) is 24.9 Å². The van der Waals surface area contributed by atoms with Gasteiger partial charge in [0.05, 0.1) is 36.8 Å². The first-order chi connectivity index (χ1) is 33.0. The van der Waals surface area contributed by atoms with Gasteiger partial charge in [0.1, 0.15) is 5.75 Å². The summed E-state index contributed by atoms with van der Waals surface area (Å²) in [5.41, 5.74) is 5.16. The molecule has 0 radical (unpaired) electrons. The number of nitrogens with zero attached hydrogens (tertiary/aromatic N) is 3. The molecule has 0 spiro atoms. The number of carbonyl (C=O) groups excluding carboxylic acids is 2. The lowest BCUT2D eigenvalue weighted by Gasteiger charge is -2.44. The fraction of sp³-hybridized carbons (Fsp3) is 0.328. The first-order valence-corrected chi connectivity index (χ1v) is 26.1. The van der Waals surface area contributed by atoms with Gasteiger partial charge in [0, 0.05) is 43.2 Å². The molecule has 68 heavy (non-hydrogen) atoms. The van der Waals surface area contributed by atoms with Crippen LogP contribution in [0.15, 0.2) is 163 Å². The largest absolute Gasteiger partial charge is 0.507 e. The fourth-order valence-corrected chi connectivity index (χ4v) is 16.1. The van der Waals surface area contributed by atoms with Crippen molar-refractivity contribution < 1.29 is 29.3 Å². The highest BCUT2D eigenvalue weighted by molar-refractivity contribution is 6.99. The van der Waals surface area contributed by atoms with E-state index in [1.54, 1.807) is 12.3 Å². The van der Waals surface area contributed by atoms with Crippen LogP contribution in [0.1, 0.15) is 69.7 Å². The molecule has 9 rings (SSSR count). The van der Waals surface area contributed by atoms with Crippen molar-refractivity contribution in [3.63, 3.8) is 0 Å². The number of piperidine rings is 1. The van der Waals surface area contributed by atoms with Gasteiger partial charge in [-0.1, -0.05) is 148 Å². The van der Waals surface area contributed by atoms with Gasteiger partial charge < -0.3 is 19.7 Å². The van der Waals surface area contributed by atoms with Crippen LogP contribution in [-0.4, -0.2) is 88.7 Å². The van der Waals surface area contributed by atoms with Crippen LogP contribution < -0.4 is 10.4 Å². The minimum absolute atomic E-state index is 0.126. The third-order valence-electron chi connectivity index (χ3n) is 14.8. The van der Waals surface area contributed by atoms with Gasteiger partial charge in [0.25, 0.3) is 8.32 Å². The number of fused-ring (bicyclic) bond motifs is 2. The number of aromatic nitrogens is 1. The Morgan fingerprint density at radius 1 is 0.794 bits per heavy atom. The highest BCUT2D eigenvalue weighted by atomic mass is 28.4. The van der Waals surface area contributed by atoms with Gasteiger partial charge in [0.2, 0.25) is 11.8 Å². The van der Waals surface area contributed by atoms with E-state index in [0.717, 1.165) is 63.2 Å². The van der Waals surface area contributed by atoms with Gasteiger partial charge in [-0.3, -0.25) is 24.4 Å². The van der Waals surface area contributed by atoms with Gasteiger partial charge in [-0.15, -0.1) is 0 Å². The molecular weight excluding hydrogens is 863 g/mol. The van der Waals surface area contributed by atoms with E-state index in [0.29, 0.717) is 24.8 Å². The average molecular weight is 926 g/mol. The van der Waals surface area contributed by atoms with Crippen LogP contribution in [0, 0.1) is 17.8 Å². The molecule has 2 saturated heterocycles. The quantitative estimate of drug-likeness (QED) is 0.0531. The molecule has 6 aromatic rings. The summed E-state index contributed by atoms with van der Waals surface area (Å²) in [6, 6.07) is 48.0. The maximum absolute atomic E-state index is 14.9. The molecule has 0 unspecified atom stereocenters. The van der Waals surface area contributed by atoms with Crippen molar-refractivity contribution in [1.82, 2.24) is 14.8 Å². The molecule has 9 nitrogen and oxygen atoms in total. The summed E-state index contributed by atoms with van der Waals surface area (Å²) in [4.78, 5) is 38.4. The maximum atomic E-state index is 14.9. The van der Waals surface area contributed by atoms with Gasteiger partial charge in [-0.25, -0.2) is 0 Å². The number of hydrogen-bond donors (Lipinski definition) is 3. The highest BCUT2D eigenvalue weighted by Crippen LogP contribution is 2.48. The van der Waals surface area contributed by atoms with E-state index in [1.807, 2.05) is 103 Å². The van der Waals surface area contributed by atoms with Gasteiger partial charge in [-0.05, 0) is 105 Å². The zero-order chi connectivity index (χ0) is 47.4. The summed E-state index contributed by atoms with van der Waals surface area (Å²) in [6.45, 7) is 8.74. The van der Waals surface area contributed by atoms with Gasteiger partial charge in [0.15, 0.2) is 0 Å². The molecule has 10 heteroatoms. The molecule has 0 saturated carbocycles. The van der Waals surface area contributed by atoms with Crippen molar-refractivity contribution in [2.45, 2.75) is 76.6 Å². The molecule has 4 atom stereocenters. The van der Waals surface area contributed by atoms with E-state index in [2.05, 4.69) is 68.1 Å². The standard InChI is InChI=1S/C58H63N3O6Si/c1-58(2,3)68(45-19-9-5-10-20-45,46-21-11-6-12-22-46)67-39-43-36-49-55(57(66)61(56(49)65)44-30-33-60(34-31-44)37-40-17-7-4-8-18-40)50(38-62)54(43)53(64)29-27-42(51-25-15-16-32-59-51)35-41-26-28-52(63)48-24-14-13-23-47(41)48/h4-26,28,32,35,44,49-50,53,55,62-64H,27,29-31,33-34,36-39H2,1-3H3/b42-35-/t49-,50+,53-,55-/m1/s1. The number of allylic oxidation sites excluding steroid dienone is 1. The molecule has 0 bridgehead atoms. The van der Waals surface area contributed by atoms with Crippen molar-refractivity contribution in [3.05, 3.63) is 180 Å². The van der Waals surface area contributed by atoms with Crippen LogP contribution in [0.3, 0.4) is 0 Å². The number of benzene rings is 5. The number of pyridine rings is 1. The Balaban J connectivity index is 1.08. The number of aliphatic hydroxyl groups is 2. The second-order valence-electron chi connectivity index (χ2n) is 19.8. The van der Waals surface area contributed by atoms with Crippen LogP contribution in [0.2, 0.25) is 5.04 Å². The number of aliphatic hydroxyl groups excluding tert-OH is 2. The molecule has 5 aromatic carbocycles.